The molecule has 1 fully saturated rings. The molecule has 1 aliphatic heterocycles. The lowest BCUT2D eigenvalue weighted by Gasteiger charge is -2.34. The van der Waals surface area contributed by atoms with Crippen LogP contribution in [-0.4, -0.2) is 24.0 Å². The first-order chi connectivity index (χ1) is 6.44. The van der Waals surface area contributed by atoms with Gasteiger partial charge >= 0.3 is 0 Å². The number of likely N-dealkylation sites (tertiary alicyclic amines) is 1. The monoisotopic (exact) mass is 197 g/mol. The first-order valence-corrected chi connectivity index (χ1v) is 6.18. The fraction of sp³-hybridized carbons (Fsp3) is 1.00. The average Bonchev–Trinajstić information content (AvgIpc) is 2.48. The number of nitrogens with zero attached hydrogens (tertiary/aromatic N) is 1. The van der Waals surface area contributed by atoms with Crippen molar-refractivity contribution in [1.82, 2.24) is 4.90 Å². The molecule has 0 spiro atoms. The van der Waals surface area contributed by atoms with E-state index < -0.39 is 0 Å². The number of hydrogen-bond acceptors (Lipinski definition) is 1. The molecule has 0 aromatic heterocycles. The van der Waals surface area contributed by atoms with E-state index in [0.717, 1.165) is 12.0 Å². The summed E-state index contributed by atoms with van der Waals surface area (Å²) in [7, 11) is 0. The predicted molar refractivity (Wildman–Crippen MR) is 63.5 cm³/mol. The largest absolute Gasteiger partial charge is 0.300 e. The van der Waals surface area contributed by atoms with Crippen LogP contribution in [0.3, 0.4) is 0 Å². The van der Waals surface area contributed by atoms with Crippen LogP contribution in [0.15, 0.2) is 0 Å². The van der Waals surface area contributed by atoms with Crippen molar-refractivity contribution < 1.29 is 0 Å². The van der Waals surface area contributed by atoms with Gasteiger partial charge in [-0.15, -0.1) is 0 Å². The summed E-state index contributed by atoms with van der Waals surface area (Å²) in [6.07, 6.45) is 4.15. The summed E-state index contributed by atoms with van der Waals surface area (Å²) in [6, 6.07) is 0.860. The van der Waals surface area contributed by atoms with E-state index >= 15 is 0 Å². The second kappa shape index (κ2) is 4.65. The van der Waals surface area contributed by atoms with E-state index in [1.54, 1.807) is 0 Å². The Hall–Kier alpha value is -0.0400. The van der Waals surface area contributed by atoms with E-state index in [1.807, 2.05) is 0 Å². The fourth-order valence-corrected chi connectivity index (χ4v) is 2.57. The Morgan fingerprint density at radius 3 is 2.50 bits per heavy atom. The molecule has 84 valence electrons. The summed E-state index contributed by atoms with van der Waals surface area (Å²) in [4.78, 5) is 2.72. The number of rotatable bonds is 3. The second-order valence-corrected chi connectivity index (χ2v) is 6.13. The van der Waals surface area contributed by atoms with Gasteiger partial charge in [0.1, 0.15) is 0 Å². The van der Waals surface area contributed by atoms with Gasteiger partial charge in [-0.25, -0.2) is 0 Å². The normalized spacial score (nSPS) is 26.8. The molecule has 0 bridgehead atoms. The Labute approximate surface area is 89.9 Å². The lowest BCUT2D eigenvalue weighted by Crippen LogP contribution is -2.39. The Kier molecular flexibility index (Phi) is 4.00. The van der Waals surface area contributed by atoms with Gasteiger partial charge in [-0.1, -0.05) is 41.0 Å². The van der Waals surface area contributed by atoms with Gasteiger partial charge in [-0.2, -0.15) is 0 Å². The molecule has 2 atom stereocenters. The van der Waals surface area contributed by atoms with E-state index in [4.69, 9.17) is 0 Å². The highest BCUT2D eigenvalue weighted by Crippen LogP contribution is 2.29. The van der Waals surface area contributed by atoms with Crippen LogP contribution in [0.4, 0.5) is 0 Å². The van der Waals surface area contributed by atoms with Crippen molar-refractivity contribution in [2.24, 2.45) is 11.3 Å². The first kappa shape index (κ1) is 12.0. The lowest BCUT2D eigenvalue weighted by atomic mass is 9.92. The highest BCUT2D eigenvalue weighted by atomic mass is 15.2. The molecule has 0 aromatic carbocycles. The molecule has 14 heavy (non-hydrogen) atoms. The van der Waals surface area contributed by atoms with Gasteiger partial charge in [0.25, 0.3) is 0 Å². The number of hydrogen-bond donors (Lipinski definition) is 0. The van der Waals surface area contributed by atoms with Crippen LogP contribution in [0.2, 0.25) is 0 Å². The van der Waals surface area contributed by atoms with E-state index in [9.17, 15) is 0 Å². The van der Waals surface area contributed by atoms with Crippen molar-refractivity contribution in [3.05, 3.63) is 0 Å². The molecule has 1 heterocycles. The zero-order valence-corrected chi connectivity index (χ0v) is 10.6. The summed E-state index contributed by atoms with van der Waals surface area (Å²) in [5.41, 5.74) is 0.454. The molecule has 2 unspecified atom stereocenters. The van der Waals surface area contributed by atoms with Gasteiger partial charge in [-0.3, -0.25) is 4.90 Å². The van der Waals surface area contributed by atoms with Crippen molar-refractivity contribution in [2.75, 3.05) is 13.1 Å². The third-order valence-electron chi connectivity index (χ3n) is 3.39. The minimum absolute atomic E-state index is 0.454. The highest BCUT2D eigenvalue weighted by molar-refractivity contribution is 4.85. The minimum Gasteiger partial charge on any atom is -0.300 e. The zero-order chi connectivity index (χ0) is 10.8. The summed E-state index contributed by atoms with van der Waals surface area (Å²) in [5, 5.41) is 0. The topological polar surface area (TPSA) is 3.24 Å². The summed E-state index contributed by atoms with van der Waals surface area (Å²) < 4.78 is 0. The van der Waals surface area contributed by atoms with Gasteiger partial charge < -0.3 is 0 Å². The Bertz CT molecular complexity index is 169. The summed E-state index contributed by atoms with van der Waals surface area (Å²) in [6.45, 7) is 14.4. The van der Waals surface area contributed by atoms with E-state index in [2.05, 4.69) is 39.5 Å². The van der Waals surface area contributed by atoms with E-state index in [0.29, 0.717) is 5.41 Å². The standard InChI is InChI=1S/C13H27N/c1-6-11(2)12-8-7-9-14(12)10-13(3,4)5/h11-12H,6-10H2,1-5H3. The SMILES string of the molecule is CCC(C)C1CCCN1CC(C)(C)C. The predicted octanol–water partition coefficient (Wildman–Crippen LogP) is 3.54. The van der Waals surface area contributed by atoms with Crippen molar-refractivity contribution in [3.8, 4) is 0 Å². The van der Waals surface area contributed by atoms with Gasteiger partial charge in [0, 0.05) is 12.6 Å². The summed E-state index contributed by atoms with van der Waals surface area (Å²) >= 11 is 0. The smallest absolute Gasteiger partial charge is 0.0121 e. The molecule has 1 saturated heterocycles. The van der Waals surface area contributed by atoms with E-state index in [-0.39, 0.29) is 0 Å². The third kappa shape index (κ3) is 3.27. The van der Waals surface area contributed by atoms with Crippen LogP contribution in [0.1, 0.15) is 53.9 Å². The molecule has 1 aliphatic rings. The molecule has 0 radical (unpaired) electrons. The molecular weight excluding hydrogens is 170 g/mol. The maximum atomic E-state index is 2.72. The van der Waals surface area contributed by atoms with Gasteiger partial charge in [0.2, 0.25) is 0 Å². The van der Waals surface area contributed by atoms with Crippen LogP contribution < -0.4 is 0 Å². The molecule has 1 nitrogen and oxygen atoms in total. The van der Waals surface area contributed by atoms with Crippen molar-refractivity contribution in [2.45, 2.75) is 59.9 Å². The van der Waals surface area contributed by atoms with Gasteiger partial charge in [-0.05, 0) is 30.7 Å². The quantitative estimate of drug-likeness (QED) is 0.669. The molecule has 1 heteroatoms. The van der Waals surface area contributed by atoms with Crippen LogP contribution in [0.25, 0.3) is 0 Å². The molecule has 0 amide bonds. The maximum absolute atomic E-state index is 2.72. The highest BCUT2D eigenvalue weighted by Gasteiger charge is 2.30. The zero-order valence-electron chi connectivity index (χ0n) is 10.6. The Balaban J connectivity index is 2.51. The van der Waals surface area contributed by atoms with Crippen molar-refractivity contribution in [3.63, 3.8) is 0 Å². The minimum atomic E-state index is 0.454. The van der Waals surface area contributed by atoms with Crippen LogP contribution in [-0.2, 0) is 0 Å². The van der Waals surface area contributed by atoms with Gasteiger partial charge in [0.15, 0.2) is 0 Å². The second-order valence-electron chi connectivity index (χ2n) is 6.13. The molecule has 0 aliphatic carbocycles. The fourth-order valence-electron chi connectivity index (χ4n) is 2.57. The van der Waals surface area contributed by atoms with Crippen molar-refractivity contribution >= 4 is 0 Å². The van der Waals surface area contributed by atoms with Gasteiger partial charge in [0.05, 0.1) is 0 Å². The average molecular weight is 197 g/mol. The van der Waals surface area contributed by atoms with Crippen LogP contribution in [0.5, 0.6) is 0 Å². The van der Waals surface area contributed by atoms with Crippen LogP contribution >= 0.6 is 0 Å². The molecule has 0 saturated carbocycles. The van der Waals surface area contributed by atoms with E-state index in [1.165, 1.54) is 32.4 Å². The van der Waals surface area contributed by atoms with Crippen LogP contribution in [0, 0.1) is 11.3 Å². The Morgan fingerprint density at radius 1 is 1.36 bits per heavy atom. The molecule has 1 rings (SSSR count). The molecule has 0 aromatic rings. The third-order valence-corrected chi connectivity index (χ3v) is 3.39. The van der Waals surface area contributed by atoms with Crippen molar-refractivity contribution in [1.29, 1.82) is 0 Å². The summed E-state index contributed by atoms with van der Waals surface area (Å²) in [5.74, 6) is 0.875. The lowest BCUT2D eigenvalue weighted by molar-refractivity contribution is 0.141. The molecule has 0 N–H and O–H groups in total. The molecular formula is C13H27N. The Morgan fingerprint density at radius 2 is 2.00 bits per heavy atom. The maximum Gasteiger partial charge on any atom is 0.0121 e. The first-order valence-electron chi connectivity index (χ1n) is 6.18.